The Morgan fingerprint density at radius 1 is 0.704 bits per heavy atom. The molecule has 0 spiro atoms. The van der Waals surface area contributed by atoms with Crippen LogP contribution in [0.2, 0.25) is 0 Å². The van der Waals surface area contributed by atoms with Crippen LogP contribution in [0.4, 0.5) is 16.2 Å². The van der Waals surface area contributed by atoms with E-state index in [1.807, 2.05) is 4.90 Å². The monoisotopic (exact) mass is 370 g/mol. The zero-order valence-corrected chi connectivity index (χ0v) is 16.5. The quantitative estimate of drug-likeness (QED) is 0.822. The van der Waals surface area contributed by atoms with Crippen molar-refractivity contribution in [2.45, 2.75) is 57.4 Å². The van der Waals surface area contributed by atoms with Crippen molar-refractivity contribution in [1.29, 1.82) is 0 Å². The second kappa shape index (κ2) is 8.85. The molecule has 5 heteroatoms. The van der Waals surface area contributed by atoms with Gasteiger partial charge in [-0.25, -0.2) is 4.79 Å². The minimum Gasteiger partial charge on any atom is -0.372 e. The molecule has 0 atom stereocenters. The van der Waals surface area contributed by atoms with E-state index in [0.717, 1.165) is 39.0 Å². The van der Waals surface area contributed by atoms with E-state index in [1.54, 1.807) is 0 Å². The maximum absolute atomic E-state index is 12.6. The number of nitrogens with one attached hydrogen (secondary N) is 1. The van der Waals surface area contributed by atoms with Gasteiger partial charge in [0.2, 0.25) is 0 Å². The zero-order valence-electron chi connectivity index (χ0n) is 16.5. The van der Waals surface area contributed by atoms with Crippen LogP contribution < -0.4 is 15.1 Å². The Kier molecular flexibility index (Phi) is 6.05. The molecule has 0 aromatic heterocycles. The van der Waals surface area contributed by atoms with Crippen LogP contribution in [0.15, 0.2) is 24.3 Å². The minimum atomic E-state index is 0.144. The molecule has 148 valence electrons. The topological polar surface area (TPSA) is 38.8 Å². The standard InChI is InChI=1S/C22H34N4O/c27-22(23-19-7-3-1-2-4-8-19)26-17-15-25(16-18-26)21-11-9-20(10-12-21)24-13-5-6-14-24/h9-12,19H,1-8,13-18H2,(H,23,27). The fourth-order valence-corrected chi connectivity index (χ4v) is 4.71. The van der Waals surface area contributed by atoms with Crippen LogP contribution in [-0.2, 0) is 0 Å². The van der Waals surface area contributed by atoms with Crippen molar-refractivity contribution >= 4 is 17.4 Å². The van der Waals surface area contributed by atoms with E-state index in [0.29, 0.717) is 6.04 Å². The average molecular weight is 371 g/mol. The van der Waals surface area contributed by atoms with Crippen molar-refractivity contribution in [2.24, 2.45) is 0 Å². The molecule has 2 aliphatic heterocycles. The van der Waals surface area contributed by atoms with Crippen molar-refractivity contribution in [3.63, 3.8) is 0 Å². The summed E-state index contributed by atoms with van der Waals surface area (Å²) in [5.41, 5.74) is 2.62. The minimum absolute atomic E-state index is 0.144. The van der Waals surface area contributed by atoms with Crippen LogP contribution in [-0.4, -0.2) is 56.2 Å². The Hall–Kier alpha value is -1.91. The lowest BCUT2D eigenvalue weighted by molar-refractivity contribution is 0.189. The lowest BCUT2D eigenvalue weighted by atomic mass is 10.1. The lowest BCUT2D eigenvalue weighted by Gasteiger charge is -2.37. The molecular formula is C22H34N4O. The number of anilines is 2. The number of carbonyl (C=O) groups is 1. The largest absolute Gasteiger partial charge is 0.372 e. The summed E-state index contributed by atoms with van der Waals surface area (Å²) in [5, 5.41) is 3.28. The summed E-state index contributed by atoms with van der Waals surface area (Å²) in [5.74, 6) is 0. The first-order chi connectivity index (χ1) is 13.3. The maximum atomic E-state index is 12.6. The fraction of sp³-hybridized carbons (Fsp3) is 0.682. The van der Waals surface area contributed by atoms with Gasteiger partial charge in [0.05, 0.1) is 0 Å². The first-order valence-corrected chi connectivity index (χ1v) is 10.9. The molecule has 3 aliphatic rings. The van der Waals surface area contributed by atoms with Gasteiger partial charge in [-0.05, 0) is 49.9 Å². The van der Waals surface area contributed by atoms with E-state index < -0.39 is 0 Å². The molecule has 27 heavy (non-hydrogen) atoms. The SMILES string of the molecule is O=C(NC1CCCCCC1)N1CCN(c2ccc(N3CCCC3)cc2)CC1. The van der Waals surface area contributed by atoms with Gasteiger partial charge in [-0.1, -0.05) is 25.7 Å². The third-order valence-electron chi connectivity index (χ3n) is 6.44. The number of nitrogens with zero attached hydrogens (tertiary/aromatic N) is 3. The van der Waals surface area contributed by atoms with E-state index >= 15 is 0 Å². The zero-order chi connectivity index (χ0) is 18.5. The van der Waals surface area contributed by atoms with Gasteiger partial charge in [0.1, 0.15) is 0 Å². The number of hydrogen-bond acceptors (Lipinski definition) is 3. The van der Waals surface area contributed by atoms with Crippen molar-refractivity contribution in [2.75, 3.05) is 49.1 Å². The van der Waals surface area contributed by atoms with Gasteiger partial charge in [-0.15, -0.1) is 0 Å². The molecule has 1 aromatic rings. The highest BCUT2D eigenvalue weighted by Crippen LogP contribution is 2.24. The second-order valence-electron chi connectivity index (χ2n) is 8.32. The summed E-state index contributed by atoms with van der Waals surface area (Å²) in [6.07, 6.45) is 10.1. The van der Waals surface area contributed by atoms with Gasteiger partial charge in [0.25, 0.3) is 0 Å². The molecule has 1 aromatic carbocycles. The van der Waals surface area contributed by atoms with Gasteiger partial charge in [0, 0.05) is 56.7 Å². The molecule has 0 unspecified atom stereocenters. The summed E-state index contributed by atoms with van der Waals surface area (Å²) in [4.78, 5) is 19.5. The Morgan fingerprint density at radius 3 is 1.78 bits per heavy atom. The second-order valence-corrected chi connectivity index (χ2v) is 8.32. The first-order valence-electron chi connectivity index (χ1n) is 10.9. The van der Waals surface area contributed by atoms with Crippen LogP contribution >= 0.6 is 0 Å². The molecule has 0 bridgehead atoms. The van der Waals surface area contributed by atoms with Crippen molar-refractivity contribution in [3.05, 3.63) is 24.3 Å². The smallest absolute Gasteiger partial charge is 0.317 e. The fourth-order valence-electron chi connectivity index (χ4n) is 4.71. The Bertz CT molecular complexity index is 595. The molecular weight excluding hydrogens is 336 g/mol. The normalized spacial score (nSPS) is 22.0. The number of urea groups is 1. The Morgan fingerprint density at radius 2 is 1.22 bits per heavy atom. The predicted molar refractivity (Wildman–Crippen MR) is 112 cm³/mol. The Balaban J connectivity index is 1.26. The molecule has 0 radical (unpaired) electrons. The number of benzene rings is 1. The van der Waals surface area contributed by atoms with E-state index in [4.69, 9.17) is 0 Å². The molecule has 2 heterocycles. The number of carbonyl (C=O) groups excluding carboxylic acids is 1. The number of piperazine rings is 1. The highest BCUT2D eigenvalue weighted by Gasteiger charge is 2.24. The van der Waals surface area contributed by atoms with Crippen LogP contribution in [0.3, 0.4) is 0 Å². The summed E-state index contributed by atoms with van der Waals surface area (Å²) in [6.45, 7) is 5.84. The molecule has 3 fully saturated rings. The van der Waals surface area contributed by atoms with Gasteiger partial charge in [0.15, 0.2) is 0 Å². The lowest BCUT2D eigenvalue weighted by Crippen LogP contribution is -2.53. The average Bonchev–Trinajstić information content (AvgIpc) is 3.14. The highest BCUT2D eigenvalue weighted by atomic mass is 16.2. The summed E-state index contributed by atoms with van der Waals surface area (Å²) < 4.78 is 0. The third kappa shape index (κ3) is 4.69. The highest BCUT2D eigenvalue weighted by molar-refractivity contribution is 5.75. The molecule has 2 saturated heterocycles. The number of hydrogen-bond donors (Lipinski definition) is 1. The molecule has 1 aliphatic carbocycles. The van der Waals surface area contributed by atoms with Gasteiger partial charge in [-0.2, -0.15) is 0 Å². The molecule has 2 amide bonds. The maximum Gasteiger partial charge on any atom is 0.317 e. The summed E-state index contributed by atoms with van der Waals surface area (Å²) >= 11 is 0. The van der Waals surface area contributed by atoms with Crippen LogP contribution in [0.1, 0.15) is 51.4 Å². The number of amides is 2. The van der Waals surface area contributed by atoms with Gasteiger partial charge in [-0.3, -0.25) is 0 Å². The van der Waals surface area contributed by atoms with Crippen molar-refractivity contribution < 1.29 is 4.79 Å². The Labute approximate surface area is 163 Å². The predicted octanol–water partition coefficient (Wildman–Crippen LogP) is 3.84. The molecule has 5 nitrogen and oxygen atoms in total. The molecule has 4 rings (SSSR count). The molecule has 1 N–H and O–H groups in total. The van der Waals surface area contributed by atoms with Crippen LogP contribution in [0.5, 0.6) is 0 Å². The van der Waals surface area contributed by atoms with E-state index in [1.165, 1.54) is 63.0 Å². The third-order valence-corrected chi connectivity index (χ3v) is 6.44. The van der Waals surface area contributed by atoms with E-state index in [9.17, 15) is 4.79 Å². The van der Waals surface area contributed by atoms with E-state index in [2.05, 4.69) is 39.4 Å². The van der Waals surface area contributed by atoms with Gasteiger partial charge >= 0.3 is 6.03 Å². The molecule has 1 saturated carbocycles. The van der Waals surface area contributed by atoms with Crippen molar-refractivity contribution in [1.82, 2.24) is 10.2 Å². The van der Waals surface area contributed by atoms with Crippen LogP contribution in [0.25, 0.3) is 0 Å². The van der Waals surface area contributed by atoms with E-state index in [-0.39, 0.29) is 6.03 Å². The first kappa shape index (κ1) is 18.5. The summed E-state index contributed by atoms with van der Waals surface area (Å²) in [7, 11) is 0. The number of rotatable bonds is 3. The van der Waals surface area contributed by atoms with Crippen molar-refractivity contribution in [3.8, 4) is 0 Å². The summed E-state index contributed by atoms with van der Waals surface area (Å²) in [6, 6.07) is 9.53. The van der Waals surface area contributed by atoms with Gasteiger partial charge < -0.3 is 20.0 Å². The van der Waals surface area contributed by atoms with Crippen LogP contribution in [0, 0.1) is 0 Å².